The smallest absolute Gasteiger partial charge is 0.316 e. The molecule has 0 unspecified atom stereocenters. The third-order valence-electron chi connectivity index (χ3n) is 2.86. The molecule has 2 rings (SSSR count). The molecule has 0 aromatic heterocycles. The van der Waals surface area contributed by atoms with Gasteiger partial charge in [0.1, 0.15) is 17.2 Å². The third kappa shape index (κ3) is 2.52. The van der Waals surface area contributed by atoms with Crippen LogP contribution in [0.4, 0.5) is 27.1 Å². The normalized spacial score (nSPS) is 10.2. The standard InChI is InChI=1S/C13H13FN4O2/c1-8-4-2-5-9(14)12(8)16-10-6-3-7-11(17-15)13(10)18(19)20/h2-7,16-17H,15H2,1H3. The van der Waals surface area contributed by atoms with Gasteiger partial charge in [-0.25, -0.2) is 4.39 Å². The largest absolute Gasteiger partial charge is 0.347 e. The first-order chi connectivity index (χ1) is 9.54. The van der Waals surface area contributed by atoms with E-state index >= 15 is 0 Å². The molecule has 6 nitrogen and oxygen atoms in total. The number of halogens is 1. The highest BCUT2D eigenvalue weighted by atomic mass is 19.1. The predicted octanol–water partition coefficient (Wildman–Crippen LogP) is 3.07. The van der Waals surface area contributed by atoms with Gasteiger partial charge in [0, 0.05) is 0 Å². The van der Waals surface area contributed by atoms with Crippen molar-refractivity contribution in [2.24, 2.45) is 5.84 Å². The van der Waals surface area contributed by atoms with Crippen LogP contribution in [0.3, 0.4) is 0 Å². The van der Waals surface area contributed by atoms with Crippen molar-refractivity contribution in [2.45, 2.75) is 6.92 Å². The molecule has 0 heterocycles. The summed E-state index contributed by atoms with van der Waals surface area (Å²) in [7, 11) is 0. The van der Waals surface area contributed by atoms with Crippen molar-refractivity contribution in [2.75, 3.05) is 10.7 Å². The Bertz CT molecular complexity index is 641. The van der Waals surface area contributed by atoms with Crippen LogP contribution in [0.2, 0.25) is 0 Å². The van der Waals surface area contributed by atoms with Gasteiger partial charge in [0.2, 0.25) is 0 Å². The minimum atomic E-state index is -0.576. The van der Waals surface area contributed by atoms with Crippen LogP contribution in [0.1, 0.15) is 5.56 Å². The second-order valence-electron chi connectivity index (χ2n) is 4.16. The van der Waals surface area contributed by atoms with Gasteiger partial charge in [0.25, 0.3) is 0 Å². The van der Waals surface area contributed by atoms with E-state index in [1.165, 1.54) is 18.2 Å². The zero-order valence-electron chi connectivity index (χ0n) is 10.7. The number of aryl methyl sites for hydroxylation is 1. The summed E-state index contributed by atoms with van der Waals surface area (Å²) in [6.07, 6.45) is 0. The minimum absolute atomic E-state index is 0.147. The van der Waals surface area contributed by atoms with Crippen molar-refractivity contribution >= 4 is 22.7 Å². The summed E-state index contributed by atoms with van der Waals surface area (Å²) in [5, 5.41) is 13.9. The second kappa shape index (κ2) is 5.54. The second-order valence-corrected chi connectivity index (χ2v) is 4.16. The fraction of sp³-hybridized carbons (Fsp3) is 0.0769. The number of nitrogen functional groups attached to an aromatic ring is 1. The summed E-state index contributed by atoms with van der Waals surface area (Å²) in [5.74, 6) is 4.77. The van der Waals surface area contributed by atoms with Crippen LogP contribution in [0.5, 0.6) is 0 Å². The number of para-hydroxylation sites is 2. The molecule has 4 N–H and O–H groups in total. The molecule has 0 spiro atoms. The maximum Gasteiger partial charge on any atom is 0.316 e. The fourth-order valence-electron chi connectivity index (χ4n) is 1.88. The SMILES string of the molecule is Cc1cccc(F)c1Nc1cccc(NN)c1[N+](=O)[O-]. The van der Waals surface area contributed by atoms with E-state index in [1.54, 1.807) is 25.1 Å². The number of nitro groups is 1. The highest BCUT2D eigenvalue weighted by molar-refractivity contribution is 5.80. The van der Waals surface area contributed by atoms with Gasteiger partial charge >= 0.3 is 5.69 Å². The van der Waals surface area contributed by atoms with Crippen LogP contribution in [0.15, 0.2) is 36.4 Å². The molecular weight excluding hydrogens is 263 g/mol. The van der Waals surface area contributed by atoms with E-state index in [4.69, 9.17) is 5.84 Å². The molecule has 2 aromatic carbocycles. The van der Waals surface area contributed by atoms with Gasteiger partial charge in [-0.1, -0.05) is 18.2 Å². The van der Waals surface area contributed by atoms with E-state index in [0.717, 1.165) is 0 Å². The van der Waals surface area contributed by atoms with Gasteiger partial charge in [0.05, 0.1) is 10.6 Å². The van der Waals surface area contributed by atoms with E-state index in [0.29, 0.717) is 5.56 Å². The number of anilines is 3. The first kappa shape index (κ1) is 13.8. The molecule has 2 aromatic rings. The summed E-state index contributed by atoms with van der Waals surface area (Å²) < 4.78 is 13.8. The summed E-state index contributed by atoms with van der Waals surface area (Å²) >= 11 is 0. The van der Waals surface area contributed by atoms with Gasteiger partial charge in [-0.05, 0) is 30.7 Å². The molecule has 0 radical (unpaired) electrons. The van der Waals surface area contributed by atoms with Crippen molar-refractivity contribution in [3.8, 4) is 0 Å². The predicted molar refractivity (Wildman–Crippen MR) is 75.3 cm³/mol. The fourth-order valence-corrected chi connectivity index (χ4v) is 1.88. The average molecular weight is 276 g/mol. The molecule has 20 heavy (non-hydrogen) atoms. The molecule has 0 saturated heterocycles. The monoisotopic (exact) mass is 276 g/mol. The van der Waals surface area contributed by atoms with Crippen molar-refractivity contribution in [1.82, 2.24) is 0 Å². The van der Waals surface area contributed by atoms with E-state index in [2.05, 4.69) is 10.7 Å². The number of hydrogen-bond acceptors (Lipinski definition) is 5. The van der Waals surface area contributed by atoms with E-state index < -0.39 is 10.7 Å². The lowest BCUT2D eigenvalue weighted by Gasteiger charge is -2.12. The van der Waals surface area contributed by atoms with Crippen LogP contribution >= 0.6 is 0 Å². The number of rotatable bonds is 4. The van der Waals surface area contributed by atoms with Crippen molar-refractivity contribution < 1.29 is 9.31 Å². The molecule has 0 aliphatic rings. The number of nitrogens with zero attached hydrogens (tertiary/aromatic N) is 1. The number of benzene rings is 2. The zero-order chi connectivity index (χ0) is 14.7. The highest BCUT2D eigenvalue weighted by Gasteiger charge is 2.20. The van der Waals surface area contributed by atoms with Crippen LogP contribution < -0.4 is 16.6 Å². The Labute approximate surface area is 114 Å². The molecule has 0 aliphatic heterocycles. The Morgan fingerprint density at radius 1 is 1.20 bits per heavy atom. The lowest BCUT2D eigenvalue weighted by molar-refractivity contribution is -0.383. The molecule has 0 aliphatic carbocycles. The molecule has 0 bridgehead atoms. The molecule has 0 atom stereocenters. The van der Waals surface area contributed by atoms with Gasteiger partial charge in [-0.2, -0.15) is 0 Å². The van der Waals surface area contributed by atoms with Gasteiger partial charge in [0.15, 0.2) is 0 Å². The molecule has 0 saturated carbocycles. The molecule has 0 amide bonds. The summed E-state index contributed by atoms with van der Waals surface area (Å²) in [6, 6.07) is 9.11. The van der Waals surface area contributed by atoms with E-state index in [1.807, 2.05) is 0 Å². The zero-order valence-corrected chi connectivity index (χ0v) is 10.7. The Kier molecular flexibility index (Phi) is 3.81. The Balaban J connectivity index is 2.51. The van der Waals surface area contributed by atoms with Crippen molar-refractivity contribution in [1.29, 1.82) is 0 Å². The minimum Gasteiger partial charge on any atom is -0.347 e. The molecular formula is C13H13FN4O2. The molecule has 7 heteroatoms. The first-order valence-corrected chi connectivity index (χ1v) is 5.80. The summed E-state index contributed by atoms with van der Waals surface area (Å²) in [5.41, 5.74) is 3.17. The highest BCUT2D eigenvalue weighted by Crippen LogP contribution is 2.35. The molecule has 0 fully saturated rings. The number of nitro benzene ring substituents is 1. The van der Waals surface area contributed by atoms with Crippen LogP contribution in [0.25, 0.3) is 0 Å². The van der Waals surface area contributed by atoms with E-state index in [9.17, 15) is 14.5 Å². The quantitative estimate of drug-likeness (QED) is 0.453. The number of nitrogens with two attached hydrogens (primary N) is 1. The number of hydrogen-bond donors (Lipinski definition) is 3. The van der Waals surface area contributed by atoms with Gasteiger partial charge < -0.3 is 10.7 Å². The Morgan fingerprint density at radius 3 is 2.45 bits per heavy atom. The Hall–Kier alpha value is -2.67. The van der Waals surface area contributed by atoms with Crippen LogP contribution in [0, 0.1) is 22.9 Å². The lowest BCUT2D eigenvalue weighted by Crippen LogP contribution is -2.10. The van der Waals surface area contributed by atoms with Gasteiger partial charge in [-0.15, -0.1) is 0 Å². The van der Waals surface area contributed by atoms with Crippen molar-refractivity contribution in [3.05, 3.63) is 57.9 Å². The average Bonchev–Trinajstić information content (AvgIpc) is 2.42. The van der Waals surface area contributed by atoms with Crippen molar-refractivity contribution in [3.63, 3.8) is 0 Å². The topological polar surface area (TPSA) is 93.2 Å². The molecule has 104 valence electrons. The summed E-state index contributed by atoms with van der Waals surface area (Å²) in [6.45, 7) is 1.71. The maximum atomic E-state index is 13.8. The van der Waals surface area contributed by atoms with E-state index in [-0.39, 0.29) is 22.7 Å². The van der Waals surface area contributed by atoms with Crippen LogP contribution in [-0.4, -0.2) is 4.92 Å². The summed E-state index contributed by atoms with van der Waals surface area (Å²) in [4.78, 5) is 10.6. The lowest BCUT2D eigenvalue weighted by atomic mass is 10.1. The first-order valence-electron chi connectivity index (χ1n) is 5.80. The maximum absolute atomic E-state index is 13.8. The number of nitrogens with one attached hydrogen (secondary N) is 2. The van der Waals surface area contributed by atoms with Crippen LogP contribution in [-0.2, 0) is 0 Å². The van der Waals surface area contributed by atoms with Gasteiger partial charge in [-0.3, -0.25) is 16.0 Å². The third-order valence-corrected chi connectivity index (χ3v) is 2.86. The Morgan fingerprint density at radius 2 is 1.85 bits per heavy atom. The number of hydrazine groups is 1.